The van der Waals surface area contributed by atoms with E-state index in [-0.39, 0.29) is 5.97 Å². The second-order valence-electron chi connectivity index (χ2n) is 6.97. The van der Waals surface area contributed by atoms with Crippen LogP contribution in [0.3, 0.4) is 0 Å². The van der Waals surface area contributed by atoms with Gasteiger partial charge in [0.15, 0.2) is 0 Å². The first-order valence-corrected chi connectivity index (χ1v) is 8.74. The number of nitrogens with zero attached hydrogens (tertiary/aromatic N) is 1. The highest BCUT2D eigenvalue weighted by Gasteiger charge is 2.43. The maximum Gasteiger partial charge on any atom is 0.339 e. The van der Waals surface area contributed by atoms with Crippen LogP contribution < -0.4 is 0 Å². The second-order valence-corrected chi connectivity index (χ2v) is 7.38. The van der Waals surface area contributed by atoms with E-state index in [1.165, 1.54) is 49.7 Å². The van der Waals surface area contributed by atoms with Gasteiger partial charge in [0.1, 0.15) is 6.61 Å². The Kier molecular flexibility index (Phi) is 4.74. The van der Waals surface area contributed by atoms with Crippen LogP contribution in [0.15, 0.2) is 24.3 Å². The number of rotatable bonds is 3. The third-order valence-corrected chi connectivity index (χ3v) is 5.86. The number of esters is 1. The van der Waals surface area contributed by atoms with Gasteiger partial charge in [-0.25, -0.2) is 4.79 Å². The summed E-state index contributed by atoms with van der Waals surface area (Å²) >= 11 is 6.07. The molecular formula is C18H25ClNO2+. The maximum atomic E-state index is 12.2. The first-order chi connectivity index (χ1) is 10.6. The van der Waals surface area contributed by atoms with Gasteiger partial charge in [0.2, 0.25) is 0 Å². The molecule has 0 spiro atoms. The summed E-state index contributed by atoms with van der Waals surface area (Å²) in [6.07, 6.45) is 6.33. The number of carbonyl (C=O) groups excluding carboxylic acids is 1. The molecule has 0 amide bonds. The lowest BCUT2D eigenvalue weighted by molar-refractivity contribution is -0.947. The Balaban J connectivity index is 1.63. The van der Waals surface area contributed by atoms with Crippen LogP contribution >= 0.6 is 11.6 Å². The number of halogens is 1. The molecule has 2 aliphatic rings. The summed E-state index contributed by atoms with van der Waals surface area (Å²) in [6.45, 7) is 3.09. The van der Waals surface area contributed by atoms with E-state index in [1.807, 2.05) is 12.1 Å². The number of quaternary nitrogens is 1. The molecule has 0 aliphatic carbocycles. The summed E-state index contributed by atoms with van der Waals surface area (Å²) in [6, 6.07) is 7.75. The van der Waals surface area contributed by atoms with Crippen molar-refractivity contribution in [1.29, 1.82) is 0 Å². The molecule has 4 heteroatoms. The number of piperidine rings is 2. The predicted octanol–water partition coefficient (Wildman–Crippen LogP) is 3.91. The van der Waals surface area contributed by atoms with Crippen LogP contribution in [0.2, 0.25) is 5.02 Å². The smallest absolute Gasteiger partial charge is 0.339 e. The van der Waals surface area contributed by atoms with Gasteiger partial charge in [-0.2, -0.15) is 0 Å². The van der Waals surface area contributed by atoms with E-state index in [9.17, 15) is 4.79 Å². The molecule has 2 heterocycles. The molecule has 0 radical (unpaired) electrons. The van der Waals surface area contributed by atoms with E-state index in [4.69, 9.17) is 16.3 Å². The summed E-state index contributed by atoms with van der Waals surface area (Å²) in [5.74, 6) is 0.201. The average Bonchev–Trinajstić information content (AvgIpc) is 2.52. The Bertz CT molecular complexity index is 544. The molecule has 0 aromatic heterocycles. The van der Waals surface area contributed by atoms with Crippen LogP contribution in [0.4, 0.5) is 0 Å². The summed E-state index contributed by atoms with van der Waals surface area (Å²) in [5, 5.41) is 0.467. The third kappa shape index (κ3) is 3.16. The molecule has 3 atom stereocenters. The Morgan fingerprint density at radius 1 is 1.23 bits per heavy atom. The highest BCUT2D eigenvalue weighted by molar-refractivity contribution is 6.33. The van der Waals surface area contributed by atoms with Gasteiger partial charge in [-0.3, -0.25) is 0 Å². The number of benzene rings is 1. The fourth-order valence-electron chi connectivity index (χ4n) is 4.31. The Labute approximate surface area is 137 Å². The van der Waals surface area contributed by atoms with E-state index < -0.39 is 0 Å². The van der Waals surface area contributed by atoms with Crippen molar-refractivity contribution >= 4 is 17.6 Å². The zero-order chi connectivity index (χ0) is 15.6. The molecule has 3 rings (SSSR count). The standard InChI is InChI=1S/C18H25ClNO2/c1-20-11-5-4-10-17(20)14(7-6-12-20)13-22-18(21)15-8-2-3-9-16(15)19/h2-3,8-9,14,17H,4-7,10-13H2,1H3/q+1. The fraction of sp³-hybridized carbons (Fsp3) is 0.611. The van der Waals surface area contributed by atoms with Gasteiger partial charge in [0, 0.05) is 12.3 Å². The van der Waals surface area contributed by atoms with E-state index in [0.29, 0.717) is 29.2 Å². The number of fused-ring (bicyclic) bond motifs is 1. The van der Waals surface area contributed by atoms with Crippen molar-refractivity contribution < 1.29 is 14.0 Å². The van der Waals surface area contributed by atoms with Crippen molar-refractivity contribution in [3.8, 4) is 0 Å². The summed E-state index contributed by atoms with van der Waals surface area (Å²) in [7, 11) is 2.38. The van der Waals surface area contributed by atoms with Crippen molar-refractivity contribution in [2.75, 3.05) is 26.7 Å². The molecule has 2 aliphatic heterocycles. The van der Waals surface area contributed by atoms with Crippen molar-refractivity contribution in [3.05, 3.63) is 34.9 Å². The molecular weight excluding hydrogens is 298 g/mol. The monoisotopic (exact) mass is 322 g/mol. The number of ether oxygens (including phenoxy) is 1. The Morgan fingerprint density at radius 2 is 2.00 bits per heavy atom. The average molecular weight is 323 g/mol. The number of hydrogen-bond donors (Lipinski definition) is 0. The minimum Gasteiger partial charge on any atom is -0.462 e. The van der Waals surface area contributed by atoms with Crippen LogP contribution in [0.1, 0.15) is 42.5 Å². The molecule has 0 bridgehead atoms. The number of carbonyl (C=O) groups is 1. The Morgan fingerprint density at radius 3 is 2.82 bits per heavy atom. The van der Waals surface area contributed by atoms with Crippen LogP contribution in [-0.2, 0) is 4.74 Å². The largest absolute Gasteiger partial charge is 0.462 e. The first-order valence-electron chi connectivity index (χ1n) is 8.36. The van der Waals surface area contributed by atoms with Gasteiger partial charge < -0.3 is 9.22 Å². The van der Waals surface area contributed by atoms with E-state index in [1.54, 1.807) is 12.1 Å². The molecule has 0 N–H and O–H groups in total. The molecule has 3 nitrogen and oxygen atoms in total. The topological polar surface area (TPSA) is 26.3 Å². The van der Waals surface area contributed by atoms with Crippen molar-refractivity contribution in [1.82, 2.24) is 0 Å². The van der Waals surface area contributed by atoms with Crippen LogP contribution in [-0.4, -0.2) is 43.2 Å². The van der Waals surface area contributed by atoms with Gasteiger partial charge in [-0.15, -0.1) is 0 Å². The van der Waals surface area contributed by atoms with Crippen molar-refractivity contribution in [3.63, 3.8) is 0 Å². The summed E-state index contributed by atoms with van der Waals surface area (Å²) < 4.78 is 6.78. The highest BCUT2D eigenvalue weighted by Crippen LogP contribution is 2.36. The van der Waals surface area contributed by atoms with E-state index in [2.05, 4.69) is 7.05 Å². The fourth-order valence-corrected chi connectivity index (χ4v) is 4.53. The van der Waals surface area contributed by atoms with Gasteiger partial charge in [0.05, 0.1) is 36.8 Å². The third-order valence-electron chi connectivity index (χ3n) is 5.53. The zero-order valence-corrected chi connectivity index (χ0v) is 14.0. The Hall–Kier alpha value is -1.06. The second kappa shape index (κ2) is 6.59. The van der Waals surface area contributed by atoms with Crippen LogP contribution in [0.25, 0.3) is 0 Å². The molecule has 120 valence electrons. The summed E-state index contributed by atoms with van der Waals surface area (Å²) in [5.41, 5.74) is 0.473. The zero-order valence-electron chi connectivity index (χ0n) is 13.3. The molecule has 2 saturated heterocycles. The molecule has 3 unspecified atom stereocenters. The molecule has 1 aromatic rings. The highest BCUT2D eigenvalue weighted by atomic mass is 35.5. The summed E-state index contributed by atoms with van der Waals surface area (Å²) in [4.78, 5) is 12.2. The van der Waals surface area contributed by atoms with Gasteiger partial charge >= 0.3 is 5.97 Å². The molecule has 22 heavy (non-hydrogen) atoms. The van der Waals surface area contributed by atoms with Gasteiger partial charge in [0.25, 0.3) is 0 Å². The molecule has 1 aromatic carbocycles. The molecule has 0 saturated carbocycles. The SMILES string of the molecule is C[N+]12CCCCC1C(COC(=O)c1ccccc1Cl)CCC2. The van der Waals surface area contributed by atoms with Crippen LogP contribution in [0.5, 0.6) is 0 Å². The van der Waals surface area contributed by atoms with Crippen LogP contribution in [0, 0.1) is 5.92 Å². The van der Waals surface area contributed by atoms with E-state index >= 15 is 0 Å². The minimum atomic E-state index is -0.291. The quantitative estimate of drug-likeness (QED) is 0.623. The first kappa shape index (κ1) is 15.8. The van der Waals surface area contributed by atoms with Crippen molar-refractivity contribution in [2.45, 2.75) is 38.1 Å². The van der Waals surface area contributed by atoms with Gasteiger partial charge in [-0.1, -0.05) is 23.7 Å². The predicted molar refractivity (Wildman–Crippen MR) is 88.0 cm³/mol. The van der Waals surface area contributed by atoms with Crippen molar-refractivity contribution in [2.24, 2.45) is 5.92 Å². The molecule has 2 fully saturated rings. The lowest BCUT2D eigenvalue weighted by Gasteiger charge is -2.51. The lowest BCUT2D eigenvalue weighted by Crippen LogP contribution is -2.61. The van der Waals surface area contributed by atoms with Gasteiger partial charge in [-0.05, 0) is 37.8 Å². The van der Waals surface area contributed by atoms with E-state index in [0.717, 1.165) is 0 Å². The lowest BCUT2D eigenvalue weighted by atomic mass is 9.82. The normalized spacial score (nSPS) is 31.4. The minimum absolute atomic E-state index is 0.291. The number of hydrogen-bond acceptors (Lipinski definition) is 2. The maximum absolute atomic E-state index is 12.2.